The van der Waals surface area contributed by atoms with Gasteiger partial charge in [0.15, 0.2) is 5.82 Å². The van der Waals surface area contributed by atoms with Crippen molar-refractivity contribution in [1.82, 2.24) is 29.5 Å². The Kier molecular flexibility index (Phi) is 3.94. The summed E-state index contributed by atoms with van der Waals surface area (Å²) >= 11 is 0. The van der Waals surface area contributed by atoms with Gasteiger partial charge in [0.1, 0.15) is 5.82 Å². The molecule has 0 radical (unpaired) electrons. The number of ether oxygens (including phenoxy) is 1. The molecule has 1 unspecified atom stereocenters. The average Bonchev–Trinajstić information content (AvgIpc) is 3.02. The summed E-state index contributed by atoms with van der Waals surface area (Å²) in [6.45, 7) is 4.43. The number of fused-ring (bicyclic) bond motifs is 1. The van der Waals surface area contributed by atoms with E-state index in [2.05, 4.69) is 30.0 Å². The molecule has 1 fully saturated rings. The number of aryl methyl sites for hydroxylation is 1. The molecule has 0 saturated carbocycles. The summed E-state index contributed by atoms with van der Waals surface area (Å²) in [6, 6.07) is 0. The zero-order chi connectivity index (χ0) is 16.4. The maximum absolute atomic E-state index is 5.77. The largest absolute Gasteiger partial charge is 0.476 e. The molecular weight excluding hydrogens is 306 g/mol. The van der Waals surface area contributed by atoms with Gasteiger partial charge in [-0.3, -0.25) is 9.38 Å². The van der Waals surface area contributed by atoms with Crippen molar-refractivity contribution in [3.05, 3.63) is 36.8 Å². The third-order valence-corrected chi connectivity index (χ3v) is 4.30. The van der Waals surface area contributed by atoms with Crippen LogP contribution in [-0.4, -0.2) is 49.2 Å². The van der Waals surface area contributed by atoms with Gasteiger partial charge in [-0.15, -0.1) is 10.2 Å². The van der Waals surface area contributed by atoms with Crippen LogP contribution < -0.4 is 9.64 Å². The van der Waals surface area contributed by atoms with E-state index < -0.39 is 0 Å². The van der Waals surface area contributed by atoms with Crippen LogP contribution in [0, 0.1) is 12.8 Å². The summed E-state index contributed by atoms with van der Waals surface area (Å²) in [7, 11) is 0. The molecule has 0 aromatic carbocycles. The van der Waals surface area contributed by atoms with Crippen LogP contribution in [0.2, 0.25) is 0 Å². The van der Waals surface area contributed by atoms with Crippen molar-refractivity contribution in [3.8, 4) is 5.88 Å². The Balaban J connectivity index is 1.48. The van der Waals surface area contributed by atoms with Crippen LogP contribution in [0.25, 0.3) is 5.65 Å². The first kappa shape index (κ1) is 14.8. The van der Waals surface area contributed by atoms with E-state index in [0.29, 0.717) is 18.4 Å². The highest BCUT2D eigenvalue weighted by Crippen LogP contribution is 2.25. The van der Waals surface area contributed by atoms with Crippen LogP contribution in [0.1, 0.15) is 18.7 Å². The molecule has 4 rings (SSSR count). The van der Waals surface area contributed by atoms with Crippen molar-refractivity contribution in [2.24, 2.45) is 5.92 Å². The molecule has 1 atom stereocenters. The smallest absolute Gasteiger partial charge is 0.232 e. The standard InChI is InChI=1S/C16H19N7O/c1-12-20-21-16-15(19-6-8-23(12)16)22-7-2-3-13(10-22)11-24-14-9-17-4-5-18-14/h4-6,8-9,13H,2-3,7,10-11H2,1H3. The summed E-state index contributed by atoms with van der Waals surface area (Å²) in [4.78, 5) is 15.0. The Labute approximate surface area is 139 Å². The van der Waals surface area contributed by atoms with Gasteiger partial charge in [0.2, 0.25) is 11.5 Å². The van der Waals surface area contributed by atoms with Crippen molar-refractivity contribution >= 4 is 11.5 Å². The van der Waals surface area contributed by atoms with E-state index in [9.17, 15) is 0 Å². The Hall–Kier alpha value is -2.77. The summed E-state index contributed by atoms with van der Waals surface area (Å²) in [5.74, 6) is 2.75. The molecule has 0 amide bonds. The number of nitrogens with zero attached hydrogens (tertiary/aromatic N) is 7. The van der Waals surface area contributed by atoms with Crippen molar-refractivity contribution in [1.29, 1.82) is 0 Å². The molecule has 0 N–H and O–H groups in total. The fourth-order valence-electron chi connectivity index (χ4n) is 3.11. The molecule has 0 aliphatic carbocycles. The minimum Gasteiger partial charge on any atom is -0.476 e. The van der Waals surface area contributed by atoms with Crippen molar-refractivity contribution in [2.75, 3.05) is 24.6 Å². The van der Waals surface area contributed by atoms with E-state index in [1.807, 2.05) is 17.5 Å². The maximum Gasteiger partial charge on any atom is 0.232 e. The molecule has 8 nitrogen and oxygen atoms in total. The van der Waals surface area contributed by atoms with Gasteiger partial charge in [0, 0.05) is 43.8 Å². The fourth-order valence-corrected chi connectivity index (χ4v) is 3.11. The number of hydrogen-bond acceptors (Lipinski definition) is 7. The number of rotatable bonds is 4. The lowest BCUT2D eigenvalue weighted by Crippen LogP contribution is -2.38. The van der Waals surface area contributed by atoms with Crippen molar-refractivity contribution in [3.63, 3.8) is 0 Å². The second kappa shape index (κ2) is 6.38. The molecular formula is C16H19N7O. The Morgan fingerprint density at radius 2 is 2.17 bits per heavy atom. The third kappa shape index (κ3) is 2.86. The zero-order valence-electron chi connectivity index (χ0n) is 13.5. The van der Waals surface area contributed by atoms with Crippen LogP contribution in [0.15, 0.2) is 31.0 Å². The lowest BCUT2D eigenvalue weighted by molar-refractivity contribution is 0.221. The SMILES string of the molecule is Cc1nnc2c(N3CCCC(COc4cnccn4)C3)nccn12. The number of hydrogen-bond donors (Lipinski definition) is 0. The Bertz CT molecular complexity index is 820. The minimum absolute atomic E-state index is 0.423. The summed E-state index contributed by atoms with van der Waals surface area (Å²) in [5, 5.41) is 8.42. The molecule has 0 bridgehead atoms. The second-order valence-corrected chi connectivity index (χ2v) is 6.00. The van der Waals surface area contributed by atoms with Gasteiger partial charge in [-0.2, -0.15) is 0 Å². The van der Waals surface area contributed by atoms with Crippen LogP contribution in [-0.2, 0) is 0 Å². The predicted molar refractivity (Wildman–Crippen MR) is 88.0 cm³/mol. The summed E-state index contributed by atoms with van der Waals surface area (Å²) < 4.78 is 7.74. The fraction of sp³-hybridized carbons (Fsp3) is 0.438. The Morgan fingerprint density at radius 3 is 3.04 bits per heavy atom. The van der Waals surface area contributed by atoms with E-state index in [-0.39, 0.29) is 0 Å². The molecule has 24 heavy (non-hydrogen) atoms. The van der Waals surface area contributed by atoms with E-state index in [1.165, 1.54) is 0 Å². The molecule has 3 aromatic rings. The van der Waals surface area contributed by atoms with Crippen molar-refractivity contribution < 1.29 is 4.74 Å². The summed E-state index contributed by atoms with van der Waals surface area (Å²) in [5.41, 5.74) is 0.811. The third-order valence-electron chi connectivity index (χ3n) is 4.30. The second-order valence-electron chi connectivity index (χ2n) is 6.00. The van der Waals surface area contributed by atoms with Gasteiger partial charge in [-0.05, 0) is 19.8 Å². The highest BCUT2D eigenvalue weighted by atomic mass is 16.5. The molecule has 3 aromatic heterocycles. The van der Waals surface area contributed by atoms with Gasteiger partial charge in [-0.1, -0.05) is 0 Å². The van der Waals surface area contributed by atoms with E-state index in [1.54, 1.807) is 24.8 Å². The van der Waals surface area contributed by atoms with E-state index in [0.717, 1.165) is 43.2 Å². The first-order valence-electron chi connectivity index (χ1n) is 8.11. The van der Waals surface area contributed by atoms with Gasteiger partial charge >= 0.3 is 0 Å². The van der Waals surface area contributed by atoms with Gasteiger partial charge in [-0.25, -0.2) is 9.97 Å². The van der Waals surface area contributed by atoms with Gasteiger partial charge in [0.05, 0.1) is 12.8 Å². The molecule has 1 aliphatic heterocycles. The van der Waals surface area contributed by atoms with Crippen LogP contribution in [0.4, 0.5) is 5.82 Å². The highest BCUT2D eigenvalue weighted by Gasteiger charge is 2.24. The van der Waals surface area contributed by atoms with Crippen LogP contribution >= 0.6 is 0 Å². The van der Waals surface area contributed by atoms with Crippen LogP contribution in [0.3, 0.4) is 0 Å². The first-order chi connectivity index (χ1) is 11.8. The van der Waals surface area contributed by atoms with E-state index in [4.69, 9.17) is 4.74 Å². The van der Waals surface area contributed by atoms with E-state index >= 15 is 0 Å². The number of anilines is 1. The first-order valence-corrected chi connectivity index (χ1v) is 8.11. The van der Waals surface area contributed by atoms with Crippen LogP contribution in [0.5, 0.6) is 5.88 Å². The molecule has 4 heterocycles. The Morgan fingerprint density at radius 1 is 1.21 bits per heavy atom. The highest BCUT2D eigenvalue weighted by molar-refractivity contribution is 5.63. The molecule has 8 heteroatoms. The molecule has 124 valence electrons. The molecule has 1 saturated heterocycles. The lowest BCUT2D eigenvalue weighted by Gasteiger charge is -2.33. The maximum atomic E-state index is 5.77. The van der Waals surface area contributed by atoms with Crippen molar-refractivity contribution in [2.45, 2.75) is 19.8 Å². The zero-order valence-corrected chi connectivity index (χ0v) is 13.5. The number of aromatic nitrogens is 6. The summed E-state index contributed by atoms with van der Waals surface area (Å²) in [6.07, 6.45) is 10.9. The lowest BCUT2D eigenvalue weighted by atomic mass is 9.99. The molecule has 0 spiro atoms. The monoisotopic (exact) mass is 325 g/mol. The normalized spacial score (nSPS) is 18.0. The molecule has 1 aliphatic rings. The van der Waals surface area contributed by atoms with Gasteiger partial charge in [0.25, 0.3) is 0 Å². The van der Waals surface area contributed by atoms with Gasteiger partial charge < -0.3 is 9.64 Å². The quantitative estimate of drug-likeness (QED) is 0.719. The predicted octanol–water partition coefficient (Wildman–Crippen LogP) is 1.52. The average molecular weight is 325 g/mol. The minimum atomic E-state index is 0.423. The topological polar surface area (TPSA) is 81.3 Å². The number of piperidine rings is 1.